The van der Waals surface area contributed by atoms with Crippen molar-refractivity contribution in [3.8, 4) is 5.75 Å². The van der Waals surface area contributed by atoms with E-state index in [9.17, 15) is 22.4 Å². The van der Waals surface area contributed by atoms with Gasteiger partial charge in [-0.05, 0) is 104 Å². The van der Waals surface area contributed by atoms with Gasteiger partial charge in [0, 0.05) is 30.2 Å². The van der Waals surface area contributed by atoms with Crippen LogP contribution < -0.4 is 14.8 Å². The van der Waals surface area contributed by atoms with Crippen LogP contribution in [0.3, 0.4) is 0 Å². The molecule has 0 aliphatic heterocycles. The minimum absolute atomic E-state index is 0.0385. The largest absolute Gasteiger partial charge is 0.484 e. The Morgan fingerprint density at radius 2 is 1.59 bits per heavy atom. The Morgan fingerprint density at radius 3 is 2.27 bits per heavy atom. The van der Waals surface area contributed by atoms with Crippen molar-refractivity contribution in [2.45, 2.75) is 56.0 Å². The maximum Gasteiger partial charge on any atom is 0.261 e. The van der Waals surface area contributed by atoms with E-state index in [1.54, 1.807) is 12.1 Å². The van der Waals surface area contributed by atoms with Crippen LogP contribution in [0.25, 0.3) is 0 Å². The summed E-state index contributed by atoms with van der Waals surface area (Å²) in [6.45, 7) is 0.224. The predicted molar refractivity (Wildman–Crippen MR) is 189 cm³/mol. The number of halogens is 2. The van der Waals surface area contributed by atoms with E-state index in [2.05, 4.69) is 16.1 Å². The first-order valence-electron chi connectivity index (χ1n) is 16.2. The van der Waals surface area contributed by atoms with Crippen LogP contribution in [0.2, 0.25) is 5.02 Å². The van der Waals surface area contributed by atoms with Crippen LogP contribution in [0.15, 0.2) is 120 Å². The molecule has 1 aliphatic carbocycles. The average Bonchev–Trinajstić information content (AvgIpc) is 3.11. The van der Waals surface area contributed by atoms with Gasteiger partial charge in [0.25, 0.3) is 15.9 Å². The van der Waals surface area contributed by atoms with Crippen LogP contribution in [-0.2, 0) is 32.6 Å². The van der Waals surface area contributed by atoms with E-state index < -0.39 is 27.8 Å². The lowest BCUT2D eigenvalue weighted by Crippen LogP contribution is -2.51. The second-order valence-corrected chi connectivity index (χ2v) is 14.0. The first kappa shape index (κ1) is 35.6. The molecule has 0 spiro atoms. The number of benzene rings is 4. The molecule has 0 aromatic heterocycles. The molecule has 5 rings (SSSR count). The zero-order chi connectivity index (χ0) is 34.6. The van der Waals surface area contributed by atoms with Crippen molar-refractivity contribution in [2.24, 2.45) is 0 Å². The summed E-state index contributed by atoms with van der Waals surface area (Å²) in [5.41, 5.74) is 3.25. The van der Waals surface area contributed by atoms with Crippen molar-refractivity contribution in [3.63, 3.8) is 0 Å². The van der Waals surface area contributed by atoms with E-state index in [1.807, 2.05) is 42.5 Å². The molecule has 0 bridgehead atoms. The molecule has 11 heteroatoms. The molecule has 2 amide bonds. The lowest BCUT2D eigenvalue weighted by Gasteiger charge is -2.31. The van der Waals surface area contributed by atoms with Gasteiger partial charge in [0.05, 0.1) is 4.90 Å². The smallest absolute Gasteiger partial charge is 0.261 e. The number of sulfonamides is 1. The summed E-state index contributed by atoms with van der Waals surface area (Å²) >= 11 is 6.13. The molecule has 0 fully saturated rings. The molecule has 0 saturated heterocycles. The summed E-state index contributed by atoms with van der Waals surface area (Å²) in [6, 6.07) is 26.4. The summed E-state index contributed by atoms with van der Waals surface area (Å²) < 4.78 is 47.2. The number of hydrogen-bond acceptors (Lipinski definition) is 5. The minimum Gasteiger partial charge on any atom is -0.484 e. The molecule has 8 nitrogen and oxygen atoms in total. The molecule has 1 atom stereocenters. The number of nitrogens with zero attached hydrogens (tertiary/aromatic N) is 1. The van der Waals surface area contributed by atoms with Gasteiger partial charge >= 0.3 is 0 Å². The highest BCUT2D eigenvalue weighted by atomic mass is 35.5. The van der Waals surface area contributed by atoms with Gasteiger partial charge in [0.2, 0.25) is 5.91 Å². The number of carbonyl (C=O) groups is 2. The van der Waals surface area contributed by atoms with Crippen molar-refractivity contribution in [3.05, 3.63) is 137 Å². The van der Waals surface area contributed by atoms with Crippen molar-refractivity contribution in [1.82, 2.24) is 10.2 Å². The summed E-state index contributed by atoms with van der Waals surface area (Å²) in [5, 5.41) is 3.63. The fraction of sp³-hybridized carbons (Fsp3) is 0.263. The maximum absolute atomic E-state index is 14.0. The molecule has 0 heterocycles. The Hall–Kier alpha value is -4.67. The van der Waals surface area contributed by atoms with Crippen molar-refractivity contribution < 1.29 is 27.1 Å². The normalized spacial score (nSPS) is 13.6. The lowest BCUT2D eigenvalue weighted by molar-refractivity contribution is -0.142. The summed E-state index contributed by atoms with van der Waals surface area (Å²) in [5.74, 6) is -0.892. The summed E-state index contributed by atoms with van der Waals surface area (Å²) in [6.07, 6.45) is 7.77. The number of hydrogen-bond donors (Lipinski definition) is 2. The van der Waals surface area contributed by atoms with Crippen LogP contribution in [0.5, 0.6) is 5.75 Å². The third-order valence-electron chi connectivity index (χ3n) is 8.26. The van der Waals surface area contributed by atoms with Gasteiger partial charge in [-0.25, -0.2) is 12.8 Å². The van der Waals surface area contributed by atoms with E-state index in [4.69, 9.17) is 16.3 Å². The fourth-order valence-corrected chi connectivity index (χ4v) is 6.80. The Morgan fingerprint density at radius 1 is 0.878 bits per heavy atom. The highest BCUT2D eigenvalue weighted by Crippen LogP contribution is 2.22. The number of ether oxygens (including phenoxy) is 1. The van der Waals surface area contributed by atoms with Gasteiger partial charge in [-0.3, -0.25) is 14.3 Å². The van der Waals surface area contributed by atoms with Gasteiger partial charge in [-0.1, -0.05) is 65.7 Å². The van der Waals surface area contributed by atoms with Gasteiger partial charge in [-0.2, -0.15) is 0 Å². The SMILES string of the molecule is O=C(NCCC1=CCCCC1)C(Cc1ccccc1)N(Cc1ccc(Cl)cc1)C(=O)COc1ccc(S(=O)(=O)Nc2ccc(F)cc2)cc1. The third kappa shape index (κ3) is 10.7. The van der Waals surface area contributed by atoms with Gasteiger partial charge in [0.1, 0.15) is 17.6 Å². The zero-order valence-electron chi connectivity index (χ0n) is 27.0. The second-order valence-electron chi connectivity index (χ2n) is 11.9. The van der Waals surface area contributed by atoms with E-state index in [-0.39, 0.29) is 35.4 Å². The van der Waals surface area contributed by atoms with E-state index >= 15 is 0 Å². The van der Waals surface area contributed by atoms with Gasteiger partial charge < -0.3 is 15.0 Å². The quantitative estimate of drug-likeness (QED) is 0.127. The maximum atomic E-state index is 14.0. The number of rotatable bonds is 15. The van der Waals surface area contributed by atoms with Gasteiger partial charge in [0.15, 0.2) is 6.61 Å². The van der Waals surface area contributed by atoms with Crippen molar-refractivity contribution >= 4 is 39.1 Å². The van der Waals surface area contributed by atoms with E-state index in [1.165, 1.54) is 53.3 Å². The first-order valence-corrected chi connectivity index (χ1v) is 18.1. The third-order valence-corrected chi connectivity index (χ3v) is 9.91. The topological polar surface area (TPSA) is 105 Å². The van der Waals surface area contributed by atoms with E-state index in [0.717, 1.165) is 48.9 Å². The Kier molecular flexibility index (Phi) is 12.5. The first-order chi connectivity index (χ1) is 23.7. The van der Waals surface area contributed by atoms with E-state index in [0.29, 0.717) is 18.0 Å². The Labute approximate surface area is 292 Å². The van der Waals surface area contributed by atoms with Crippen LogP contribution in [0.4, 0.5) is 10.1 Å². The summed E-state index contributed by atoms with van der Waals surface area (Å²) in [7, 11) is -3.95. The van der Waals surface area contributed by atoms with Crippen molar-refractivity contribution in [1.29, 1.82) is 0 Å². The second kappa shape index (κ2) is 17.1. The minimum atomic E-state index is -3.95. The fourth-order valence-electron chi connectivity index (χ4n) is 5.61. The van der Waals surface area contributed by atoms with Crippen molar-refractivity contribution in [2.75, 3.05) is 17.9 Å². The molecule has 49 heavy (non-hydrogen) atoms. The van der Waals surface area contributed by atoms with Crippen LogP contribution in [-0.4, -0.2) is 44.3 Å². The number of anilines is 1. The van der Waals surface area contributed by atoms with Gasteiger partial charge in [-0.15, -0.1) is 0 Å². The van der Waals surface area contributed by atoms with Crippen LogP contribution >= 0.6 is 11.6 Å². The molecule has 2 N–H and O–H groups in total. The molecule has 4 aromatic rings. The number of amides is 2. The lowest BCUT2D eigenvalue weighted by atomic mass is 9.97. The molecular formula is C38H39ClFN3O5S. The monoisotopic (exact) mass is 703 g/mol. The highest BCUT2D eigenvalue weighted by molar-refractivity contribution is 7.92. The molecule has 0 radical (unpaired) electrons. The Bertz CT molecular complexity index is 1840. The number of allylic oxidation sites excluding steroid dienone is 1. The summed E-state index contributed by atoms with van der Waals surface area (Å²) in [4.78, 5) is 29.3. The number of nitrogens with one attached hydrogen (secondary N) is 2. The van der Waals surface area contributed by atoms with Crippen LogP contribution in [0, 0.1) is 5.82 Å². The van der Waals surface area contributed by atoms with Crippen LogP contribution in [0.1, 0.15) is 43.2 Å². The molecule has 1 unspecified atom stereocenters. The highest BCUT2D eigenvalue weighted by Gasteiger charge is 2.31. The molecule has 4 aromatic carbocycles. The average molecular weight is 704 g/mol. The molecule has 256 valence electrons. The predicted octanol–water partition coefficient (Wildman–Crippen LogP) is 7.31. The molecule has 0 saturated carbocycles. The molecular weight excluding hydrogens is 665 g/mol. The molecule has 1 aliphatic rings. The Balaban J connectivity index is 1.32. The number of carbonyl (C=O) groups excluding carboxylic acids is 2. The standard InChI is InChI=1S/C38H39ClFN3O5S/c39-31-13-11-30(12-14-31)26-43(36(25-29-9-5-2-6-10-29)38(45)41-24-23-28-7-3-1-4-8-28)37(44)27-48-34-19-21-35(22-20-34)49(46,47)42-33-17-15-32(40)16-18-33/h2,5-7,9-22,36,42H,1,3-4,8,23-27H2,(H,41,45). The zero-order valence-corrected chi connectivity index (χ0v) is 28.6.